The largest absolute Gasteiger partial charge is 0.481 e. The minimum absolute atomic E-state index is 0.517. The molecule has 1 aliphatic rings. The maximum atomic E-state index is 5.07. The quantitative estimate of drug-likeness (QED) is 0.851. The van der Waals surface area contributed by atoms with Crippen LogP contribution in [0, 0.1) is 5.92 Å². The molecule has 1 aromatic heterocycles. The fourth-order valence-electron chi connectivity index (χ4n) is 2.11. The zero-order valence-electron chi connectivity index (χ0n) is 9.94. The molecule has 0 bridgehead atoms. The Hall–Kier alpha value is -1.32. The van der Waals surface area contributed by atoms with E-state index in [9.17, 15) is 0 Å². The van der Waals surface area contributed by atoms with Crippen LogP contribution in [0.25, 0.3) is 0 Å². The molecule has 1 N–H and O–H groups in total. The molecule has 1 aromatic rings. The molecule has 1 aliphatic carbocycles. The lowest BCUT2D eigenvalue weighted by atomic mass is 9.87. The normalized spacial score (nSPS) is 25.1. The van der Waals surface area contributed by atoms with Gasteiger partial charge in [0.25, 0.3) is 0 Å². The van der Waals surface area contributed by atoms with E-state index >= 15 is 0 Å². The van der Waals surface area contributed by atoms with Gasteiger partial charge in [-0.05, 0) is 31.6 Å². The second kappa shape index (κ2) is 5.14. The highest BCUT2D eigenvalue weighted by atomic mass is 16.5. The van der Waals surface area contributed by atoms with Crippen LogP contribution in [-0.4, -0.2) is 23.1 Å². The van der Waals surface area contributed by atoms with Gasteiger partial charge in [0.2, 0.25) is 11.8 Å². The number of hydrogen-bond acceptors (Lipinski definition) is 4. The number of nitrogens with zero attached hydrogens (tertiary/aromatic N) is 2. The Kier molecular flexibility index (Phi) is 3.59. The average molecular weight is 221 g/mol. The highest BCUT2D eigenvalue weighted by Gasteiger charge is 2.18. The topological polar surface area (TPSA) is 47.0 Å². The number of anilines is 1. The number of aromatic nitrogens is 2. The Bertz CT molecular complexity index is 335. The standard InChI is InChI=1S/C12H19N3O/c1-9-3-5-10(6-4-9)14-12-13-8-7-11(15-12)16-2/h7-10H,3-6H2,1-2H3,(H,13,14,15). The third-order valence-electron chi connectivity index (χ3n) is 3.19. The molecule has 0 aliphatic heterocycles. The number of nitrogens with one attached hydrogen (secondary N) is 1. The van der Waals surface area contributed by atoms with Gasteiger partial charge in [-0.2, -0.15) is 4.98 Å². The van der Waals surface area contributed by atoms with Crippen molar-refractivity contribution in [1.29, 1.82) is 0 Å². The summed E-state index contributed by atoms with van der Waals surface area (Å²) in [5, 5.41) is 3.37. The van der Waals surface area contributed by atoms with E-state index in [4.69, 9.17) is 4.74 Å². The second-order valence-electron chi connectivity index (χ2n) is 4.52. The first-order valence-electron chi connectivity index (χ1n) is 5.91. The Morgan fingerprint density at radius 3 is 2.75 bits per heavy atom. The van der Waals surface area contributed by atoms with Crippen LogP contribution in [0.4, 0.5) is 5.95 Å². The SMILES string of the molecule is COc1ccnc(NC2CCC(C)CC2)n1. The average Bonchev–Trinajstić information content (AvgIpc) is 2.32. The van der Waals surface area contributed by atoms with Crippen LogP contribution in [0.5, 0.6) is 5.88 Å². The molecule has 0 unspecified atom stereocenters. The first kappa shape index (κ1) is 11.2. The highest BCUT2D eigenvalue weighted by molar-refractivity contribution is 5.28. The summed E-state index contributed by atoms with van der Waals surface area (Å²) in [6.45, 7) is 2.32. The van der Waals surface area contributed by atoms with Gasteiger partial charge in [-0.25, -0.2) is 4.98 Å². The Labute approximate surface area is 96.4 Å². The van der Waals surface area contributed by atoms with E-state index in [0.717, 1.165) is 5.92 Å². The Morgan fingerprint density at radius 2 is 2.06 bits per heavy atom. The van der Waals surface area contributed by atoms with Gasteiger partial charge >= 0.3 is 0 Å². The zero-order valence-corrected chi connectivity index (χ0v) is 9.94. The van der Waals surface area contributed by atoms with E-state index in [1.165, 1.54) is 25.7 Å². The third-order valence-corrected chi connectivity index (χ3v) is 3.19. The molecule has 1 heterocycles. The monoisotopic (exact) mass is 221 g/mol. The van der Waals surface area contributed by atoms with Crippen molar-refractivity contribution in [2.45, 2.75) is 38.6 Å². The summed E-state index contributed by atoms with van der Waals surface area (Å²) in [6.07, 6.45) is 6.73. The number of methoxy groups -OCH3 is 1. The van der Waals surface area contributed by atoms with Crippen molar-refractivity contribution in [3.8, 4) is 5.88 Å². The molecule has 0 saturated heterocycles. The molecule has 0 amide bonds. The van der Waals surface area contributed by atoms with Crippen LogP contribution >= 0.6 is 0 Å². The van der Waals surface area contributed by atoms with E-state index in [0.29, 0.717) is 17.9 Å². The molecule has 16 heavy (non-hydrogen) atoms. The Balaban J connectivity index is 1.93. The van der Waals surface area contributed by atoms with Gasteiger partial charge in [-0.3, -0.25) is 0 Å². The Morgan fingerprint density at radius 1 is 1.31 bits per heavy atom. The summed E-state index contributed by atoms with van der Waals surface area (Å²) >= 11 is 0. The van der Waals surface area contributed by atoms with E-state index in [1.54, 1.807) is 19.4 Å². The van der Waals surface area contributed by atoms with Crippen LogP contribution in [0.3, 0.4) is 0 Å². The number of rotatable bonds is 3. The summed E-state index contributed by atoms with van der Waals surface area (Å²) in [7, 11) is 1.62. The van der Waals surface area contributed by atoms with Crippen molar-refractivity contribution in [3.05, 3.63) is 12.3 Å². The molecule has 0 atom stereocenters. The summed E-state index contributed by atoms with van der Waals surface area (Å²) in [4.78, 5) is 8.46. The van der Waals surface area contributed by atoms with Crippen molar-refractivity contribution in [2.75, 3.05) is 12.4 Å². The molecule has 0 spiro atoms. The van der Waals surface area contributed by atoms with Gasteiger partial charge in [0.05, 0.1) is 7.11 Å². The minimum atomic E-state index is 0.517. The van der Waals surface area contributed by atoms with Gasteiger partial charge in [0.15, 0.2) is 0 Å². The molecular weight excluding hydrogens is 202 g/mol. The number of hydrogen-bond donors (Lipinski definition) is 1. The van der Waals surface area contributed by atoms with Gasteiger partial charge in [-0.15, -0.1) is 0 Å². The third kappa shape index (κ3) is 2.84. The van der Waals surface area contributed by atoms with Crippen molar-refractivity contribution >= 4 is 5.95 Å². The molecule has 4 heteroatoms. The lowest BCUT2D eigenvalue weighted by molar-refractivity contribution is 0.359. The van der Waals surface area contributed by atoms with Crippen LogP contribution < -0.4 is 10.1 Å². The van der Waals surface area contributed by atoms with Gasteiger partial charge in [0.1, 0.15) is 0 Å². The smallest absolute Gasteiger partial charge is 0.226 e. The van der Waals surface area contributed by atoms with E-state index in [2.05, 4.69) is 22.2 Å². The van der Waals surface area contributed by atoms with Crippen molar-refractivity contribution in [2.24, 2.45) is 5.92 Å². The van der Waals surface area contributed by atoms with E-state index < -0.39 is 0 Å². The predicted molar refractivity (Wildman–Crippen MR) is 63.6 cm³/mol. The van der Waals surface area contributed by atoms with Crippen LogP contribution in [0.15, 0.2) is 12.3 Å². The lowest BCUT2D eigenvalue weighted by Crippen LogP contribution is -2.26. The maximum absolute atomic E-state index is 5.07. The van der Waals surface area contributed by atoms with E-state index in [-0.39, 0.29) is 0 Å². The number of ether oxygens (including phenoxy) is 1. The van der Waals surface area contributed by atoms with Crippen molar-refractivity contribution in [1.82, 2.24) is 9.97 Å². The lowest BCUT2D eigenvalue weighted by Gasteiger charge is -2.26. The van der Waals surface area contributed by atoms with Gasteiger partial charge < -0.3 is 10.1 Å². The van der Waals surface area contributed by atoms with Gasteiger partial charge in [-0.1, -0.05) is 6.92 Å². The predicted octanol–water partition coefficient (Wildman–Crippen LogP) is 2.48. The van der Waals surface area contributed by atoms with Crippen LogP contribution in [0.1, 0.15) is 32.6 Å². The van der Waals surface area contributed by atoms with Crippen molar-refractivity contribution < 1.29 is 4.74 Å². The summed E-state index contributed by atoms with van der Waals surface area (Å²) in [5.74, 6) is 2.16. The molecule has 0 aromatic carbocycles. The summed E-state index contributed by atoms with van der Waals surface area (Å²) < 4.78 is 5.07. The van der Waals surface area contributed by atoms with Crippen LogP contribution in [0.2, 0.25) is 0 Å². The van der Waals surface area contributed by atoms with Gasteiger partial charge in [0, 0.05) is 18.3 Å². The van der Waals surface area contributed by atoms with Crippen molar-refractivity contribution in [3.63, 3.8) is 0 Å². The first-order chi connectivity index (χ1) is 7.78. The fourth-order valence-corrected chi connectivity index (χ4v) is 2.11. The summed E-state index contributed by atoms with van der Waals surface area (Å²) in [5.41, 5.74) is 0. The molecule has 1 fully saturated rings. The molecule has 0 radical (unpaired) electrons. The first-order valence-corrected chi connectivity index (χ1v) is 5.91. The molecule has 88 valence electrons. The fraction of sp³-hybridized carbons (Fsp3) is 0.667. The van der Waals surface area contributed by atoms with Crippen LogP contribution in [-0.2, 0) is 0 Å². The summed E-state index contributed by atoms with van der Waals surface area (Å²) in [6, 6.07) is 2.28. The molecular formula is C12H19N3O. The molecule has 4 nitrogen and oxygen atoms in total. The molecule has 2 rings (SSSR count). The minimum Gasteiger partial charge on any atom is -0.481 e. The molecule has 1 saturated carbocycles. The highest BCUT2D eigenvalue weighted by Crippen LogP contribution is 2.25. The zero-order chi connectivity index (χ0) is 11.4. The second-order valence-corrected chi connectivity index (χ2v) is 4.52. The maximum Gasteiger partial charge on any atom is 0.226 e. The van der Waals surface area contributed by atoms with E-state index in [1.807, 2.05) is 0 Å².